The third kappa shape index (κ3) is 9.41. The summed E-state index contributed by atoms with van der Waals surface area (Å²) >= 11 is 0. The van der Waals surface area contributed by atoms with Gasteiger partial charge >= 0.3 is 6.03 Å². The maximum absolute atomic E-state index is 12.0. The summed E-state index contributed by atoms with van der Waals surface area (Å²) in [5.74, 6) is 1.42. The molecule has 0 aromatic heterocycles. The Bertz CT molecular complexity index is 852. The lowest BCUT2D eigenvalue weighted by Crippen LogP contribution is -2.24. The minimum absolute atomic E-state index is 0.393. The molecule has 0 heterocycles. The van der Waals surface area contributed by atoms with Crippen LogP contribution in [-0.2, 0) is 0 Å². The zero-order valence-electron chi connectivity index (χ0n) is 19.7. The largest absolute Gasteiger partial charge is 0.490 e. The summed E-state index contributed by atoms with van der Waals surface area (Å²) in [4.78, 5) is 12.0. The fraction of sp³-hybridized carbons (Fsp3) is 0.462. The van der Waals surface area contributed by atoms with Crippen molar-refractivity contribution in [3.8, 4) is 11.5 Å². The van der Waals surface area contributed by atoms with E-state index < -0.39 is 6.03 Å². The number of carbonyl (C=O) groups is 1. The third-order valence-corrected chi connectivity index (χ3v) is 5.05. The van der Waals surface area contributed by atoms with Crippen LogP contribution in [0.2, 0.25) is 0 Å². The molecule has 0 spiro atoms. The number of unbranched alkanes of at least 4 members (excludes halogenated alkanes) is 6. The van der Waals surface area contributed by atoms with Gasteiger partial charge in [-0.2, -0.15) is 5.10 Å². The summed E-state index contributed by atoms with van der Waals surface area (Å²) in [7, 11) is 0. The zero-order chi connectivity index (χ0) is 23.0. The fourth-order valence-corrected chi connectivity index (χ4v) is 3.26. The van der Waals surface area contributed by atoms with E-state index in [1.54, 1.807) is 6.21 Å². The molecule has 2 N–H and O–H groups in total. The molecule has 2 aromatic carbocycles. The molecule has 0 atom stereocenters. The van der Waals surface area contributed by atoms with Gasteiger partial charge in [-0.25, -0.2) is 10.2 Å². The van der Waals surface area contributed by atoms with Crippen LogP contribution in [0, 0.1) is 6.92 Å². The number of para-hydroxylation sites is 1. The molecule has 6 nitrogen and oxygen atoms in total. The second kappa shape index (κ2) is 14.9. The summed E-state index contributed by atoms with van der Waals surface area (Å²) in [6.07, 6.45) is 10.3. The van der Waals surface area contributed by atoms with Gasteiger partial charge in [-0.15, -0.1) is 0 Å². The molecule has 32 heavy (non-hydrogen) atoms. The molecule has 0 radical (unpaired) electrons. The normalized spacial score (nSPS) is 10.8. The third-order valence-electron chi connectivity index (χ3n) is 5.05. The molecule has 2 rings (SSSR count). The standard InChI is InChI=1S/C26H37N3O3/c1-4-6-7-8-9-10-13-18-32-24-17-16-22(19-25(24)31-5-2)20-27-29-26(30)28-23-15-12-11-14-21(23)3/h11-12,14-17,19-20H,4-10,13,18H2,1-3H3,(H2,28,29,30)/b27-20-. The van der Waals surface area contributed by atoms with Crippen molar-refractivity contribution in [2.45, 2.75) is 65.7 Å². The first-order valence-electron chi connectivity index (χ1n) is 11.7. The number of hydrogen-bond acceptors (Lipinski definition) is 4. The van der Waals surface area contributed by atoms with Gasteiger partial charge < -0.3 is 14.8 Å². The van der Waals surface area contributed by atoms with Gasteiger partial charge in [-0.05, 0) is 55.7 Å². The van der Waals surface area contributed by atoms with Gasteiger partial charge in [0.1, 0.15) is 0 Å². The number of nitrogens with one attached hydrogen (secondary N) is 2. The highest BCUT2D eigenvalue weighted by Crippen LogP contribution is 2.28. The van der Waals surface area contributed by atoms with Crippen LogP contribution in [0.4, 0.5) is 10.5 Å². The Morgan fingerprint density at radius 3 is 2.44 bits per heavy atom. The number of carbonyl (C=O) groups excluding carboxylic acids is 1. The number of hydrazone groups is 1. The van der Waals surface area contributed by atoms with Crippen molar-refractivity contribution in [3.63, 3.8) is 0 Å². The molecule has 174 valence electrons. The first-order chi connectivity index (χ1) is 15.6. The number of benzene rings is 2. The number of ether oxygens (including phenoxy) is 2. The molecule has 0 fully saturated rings. The maximum atomic E-state index is 12.0. The van der Waals surface area contributed by atoms with Crippen molar-refractivity contribution in [1.82, 2.24) is 5.43 Å². The summed E-state index contributed by atoms with van der Waals surface area (Å²) < 4.78 is 11.7. The van der Waals surface area contributed by atoms with Crippen molar-refractivity contribution in [3.05, 3.63) is 53.6 Å². The number of rotatable bonds is 14. The Hall–Kier alpha value is -3.02. The second-order valence-electron chi connectivity index (χ2n) is 7.75. The quantitative estimate of drug-likeness (QED) is 0.196. The molecule has 6 heteroatoms. The Labute approximate surface area is 192 Å². The Morgan fingerprint density at radius 2 is 1.69 bits per heavy atom. The molecular weight excluding hydrogens is 402 g/mol. The van der Waals surface area contributed by atoms with Crippen LogP contribution >= 0.6 is 0 Å². The molecule has 0 bridgehead atoms. The number of aryl methyl sites for hydroxylation is 1. The SMILES string of the molecule is CCCCCCCCCOc1ccc(/C=N\NC(=O)Nc2ccccc2C)cc1OCC. The Balaban J connectivity index is 1.81. The first kappa shape index (κ1) is 25.2. The van der Waals surface area contributed by atoms with Gasteiger partial charge in [0.25, 0.3) is 0 Å². The van der Waals surface area contributed by atoms with Gasteiger partial charge in [-0.3, -0.25) is 0 Å². The lowest BCUT2D eigenvalue weighted by Gasteiger charge is -2.12. The molecule has 0 aliphatic heterocycles. The van der Waals surface area contributed by atoms with E-state index in [2.05, 4.69) is 22.8 Å². The lowest BCUT2D eigenvalue weighted by molar-refractivity contribution is 0.252. The van der Waals surface area contributed by atoms with Gasteiger partial charge in [0, 0.05) is 5.69 Å². The zero-order valence-corrected chi connectivity index (χ0v) is 19.7. The molecule has 2 aromatic rings. The van der Waals surface area contributed by atoms with E-state index in [0.29, 0.717) is 19.0 Å². The molecule has 0 aliphatic rings. The van der Waals surface area contributed by atoms with E-state index in [1.165, 1.54) is 38.5 Å². The first-order valence-corrected chi connectivity index (χ1v) is 11.7. The molecule has 0 saturated carbocycles. The molecule has 0 aliphatic carbocycles. The number of hydrogen-bond donors (Lipinski definition) is 2. The predicted octanol–water partition coefficient (Wildman–Crippen LogP) is 6.68. The van der Waals surface area contributed by atoms with E-state index >= 15 is 0 Å². The predicted molar refractivity (Wildman–Crippen MR) is 132 cm³/mol. The van der Waals surface area contributed by atoms with Crippen molar-refractivity contribution >= 4 is 17.9 Å². The number of nitrogens with zero attached hydrogens (tertiary/aromatic N) is 1. The minimum atomic E-state index is -0.393. The highest BCUT2D eigenvalue weighted by molar-refractivity contribution is 5.91. The van der Waals surface area contributed by atoms with Gasteiger partial charge in [0.2, 0.25) is 0 Å². The smallest absolute Gasteiger partial charge is 0.339 e. The Morgan fingerprint density at radius 1 is 0.938 bits per heavy atom. The van der Waals surface area contributed by atoms with E-state index in [9.17, 15) is 4.79 Å². The molecular formula is C26H37N3O3. The average molecular weight is 440 g/mol. The van der Waals surface area contributed by atoms with Crippen LogP contribution in [-0.4, -0.2) is 25.5 Å². The lowest BCUT2D eigenvalue weighted by atomic mass is 10.1. The summed E-state index contributed by atoms with van der Waals surface area (Å²) in [5, 5.41) is 6.81. The summed E-state index contributed by atoms with van der Waals surface area (Å²) in [5.41, 5.74) is 5.04. The summed E-state index contributed by atoms with van der Waals surface area (Å²) in [6.45, 7) is 7.35. The van der Waals surface area contributed by atoms with Crippen LogP contribution < -0.4 is 20.2 Å². The van der Waals surface area contributed by atoms with Crippen molar-refractivity contribution in [2.75, 3.05) is 18.5 Å². The fourth-order valence-electron chi connectivity index (χ4n) is 3.26. The number of anilines is 1. The summed E-state index contributed by atoms with van der Waals surface area (Å²) in [6, 6.07) is 12.8. The monoisotopic (exact) mass is 439 g/mol. The van der Waals surface area contributed by atoms with E-state index in [4.69, 9.17) is 9.47 Å². The number of amides is 2. The van der Waals surface area contributed by atoms with Gasteiger partial charge in [0.05, 0.1) is 19.4 Å². The van der Waals surface area contributed by atoms with Crippen LogP contribution in [0.3, 0.4) is 0 Å². The van der Waals surface area contributed by atoms with E-state index in [0.717, 1.165) is 29.0 Å². The average Bonchev–Trinajstić information content (AvgIpc) is 2.78. The molecule has 2 amide bonds. The van der Waals surface area contributed by atoms with Crippen molar-refractivity contribution in [2.24, 2.45) is 5.10 Å². The van der Waals surface area contributed by atoms with Crippen LogP contribution in [0.25, 0.3) is 0 Å². The van der Waals surface area contributed by atoms with Crippen LogP contribution in [0.5, 0.6) is 11.5 Å². The van der Waals surface area contributed by atoms with Crippen LogP contribution in [0.15, 0.2) is 47.6 Å². The van der Waals surface area contributed by atoms with Crippen molar-refractivity contribution < 1.29 is 14.3 Å². The Kier molecular flexibility index (Phi) is 11.7. The van der Waals surface area contributed by atoms with Gasteiger partial charge in [0.15, 0.2) is 11.5 Å². The highest BCUT2D eigenvalue weighted by atomic mass is 16.5. The van der Waals surface area contributed by atoms with Crippen LogP contribution in [0.1, 0.15) is 69.9 Å². The van der Waals surface area contributed by atoms with Crippen molar-refractivity contribution in [1.29, 1.82) is 0 Å². The van der Waals surface area contributed by atoms with Gasteiger partial charge in [-0.1, -0.05) is 63.6 Å². The minimum Gasteiger partial charge on any atom is -0.490 e. The maximum Gasteiger partial charge on any atom is 0.339 e. The van der Waals surface area contributed by atoms with E-state index in [1.807, 2.05) is 56.3 Å². The topological polar surface area (TPSA) is 72.0 Å². The highest BCUT2D eigenvalue weighted by Gasteiger charge is 2.07. The molecule has 0 unspecified atom stereocenters. The second-order valence-corrected chi connectivity index (χ2v) is 7.75. The van der Waals surface area contributed by atoms with E-state index in [-0.39, 0.29) is 0 Å². The molecule has 0 saturated heterocycles. The number of urea groups is 1.